The first kappa shape index (κ1) is 10.7. The fraction of sp³-hybridized carbons (Fsp3) is 0.900. The Balaban J connectivity index is 2.29. The van der Waals surface area contributed by atoms with E-state index in [0.29, 0.717) is 19.6 Å². The third-order valence-corrected chi connectivity index (χ3v) is 2.12. The summed E-state index contributed by atoms with van der Waals surface area (Å²) >= 11 is 0. The maximum Gasteiger partial charge on any atom is 0.158 e. The summed E-state index contributed by atoms with van der Waals surface area (Å²) in [7, 11) is 0. The highest BCUT2D eigenvalue weighted by Crippen LogP contribution is 2.25. The predicted octanol–water partition coefficient (Wildman–Crippen LogP) is 1.61. The van der Waals surface area contributed by atoms with Crippen LogP contribution in [0, 0.1) is 11.3 Å². The highest BCUT2D eigenvalue weighted by molar-refractivity contribution is 5.52. The second-order valence-corrected chi connectivity index (χ2v) is 4.56. The van der Waals surface area contributed by atoms with E-state index in [0.717, 1.165) is 6.29 Å². The molecule has 0 aromatic heterocycles. The summed E-state index contributed by atoms with van der Waals surface area (Å²) in [6, 6.07) is 0. The van der Waals surface area contributed by atoms with Crippen molar-refractivity contribution in [1.82, 2.24) is 0 Å². The molecule has 1 fully saturated rings. The van der Waals surface area contributed by atoms with Crippen LogP contribution in [-0.2, 0) is 14.3 Å². The number of rotatable bonds is 3. The van der Waals surface area contributed by atoms with E-state index in [1.807, 2.05) is 6.92 Å². The van der Waals surface area contributed by atoms with Gasteiger partial charge in [-0.05, 0) is 0 Å². The second kappa shape index (κ2) is 4.20. The molecule has 0 N–H and O–H groups in total. The Labute approximate surface area is 79.4 Å². The quantitative estimate of drug-likeness (QED) is 0.628. The average Bonchev–Trinajstić information content (AvgIpc) is 2.08. The van der Waals surface area contributed by atoms with Gasteiger partial charge in [0.05, 0.1) is 13.2 Å². The van der Waals surface area contributed by atoms with Crippen LogP contribution in [0.4, 0.5) is 0 Å². The van der Waals surface area contributed by atoms with Crippen molar-refractivity contribution in [3.05, 3.63) is 0 Å². The Hall–Kier alpha value is -0.410. The summed E-state index contributed by atoms with van der Waals surface area (Å²) in [6.45, 7) is 7.50. The highest BCUT2D eigenvalue weighted by atomic mass is 16.7. The van der Waals surface area contributed by atoms with Crippen molar-refractivity contribution in [2.75, 3.05) is 13.2 Å². The monoisotopic (exact) mass is 186 g/mol. The second-order valence-electron chi connectivity index (χ2n) is 4.56. The van der Waals surface area contributed by atoms with Gasteiger partial charge in [0.1, 0.15) is 6.29 Å². The normalized spacial score (nSPS) is 25.5. The highest BCUT2D eigenvalue weighted by Gasteiger charge is 2.28. The molecule has 13 heavy (non-hydrogen) atoms. The molecule has 76 valence electrons. The van der Waals surface area contributed by atoms with E-state index < -0.39 is 0 Å². The molecular weight excluding hydrogens is 168 g/mol. The van der Waals surface area contributed by atoms with E-state index in [1.165, 1.54) is 0 Å². The van der Waals surface area contributed by atoms with Crippen LogP contribution in [0.1, 0.15) is 27.2 Å². The van der Waals surface area contributed by atoms with Crippen LogP contribution in [-0.4, -0.2) is 25.8 Å². The maximum atomic E-state index is 10.4. The molecule has 1 aliphatic heterocycles. The van der Waals surface area contributed by atoms with E-state index in [1.54, 1.807) is 0 Å². The number of aldehydes is 1. The third kappa shape index (κ3) is 3.44. The van der Waals surface area contributed by atoms with Crippen LogP contribution in [0.15, 0.2) is 0 Å². The van der Waals surface area contributed by atoms with Gasteiger partial charge in [-0.1, -0.05) is 20.8 Å². The van der Waals surface area contributed by atoms with Gasteiger partial charge in [-0.25, -0.2) is 0 Å². The molecule has 0 bridgehead atoms. The minimum Gasteiger partial charge on any atom is -0.352 e. The molecule has 0 aliphatic carbocycles. The summed E-state index contributed by atoms with van der Waals surface area (Å²) in [4.78, 5) is 10.4. The molecular formula is C10H18O3. The largest absolute Gasteiger partial charge is 0.352 e. The first-order valence-corrected chi connectivity index (χ1v) is 4.72. The number of hydrogen-bond donors (Lipinski definition) is 0. The van der Waals surface area contributed by atoms with Crippen LogP contribution in [0.2, 0.25) is 0 Å². The molecule has 0 radical (unpaired) electrons. The molecule has 0 spiro atoms. The smallest absolute Gasteiger partial charge is 0.158 e. The summed E-state index contributed by atoms with van der Waals surface area (Å²) < 4.78 is 11.0. The lowest BCUT2D eigenvalue weighted by Gasteiger charge is -2.35. The fourth-order valence-electron chi connectivity index (χ4n) is 1.22. The average molecular weight is 186 g/mol. The van der Waals surface area contributed by atoms with Gasteiger partial charge in [0.15, 0.2) is 6.29 Å². The van der Waals surface area contributed by atoms with Gasteiger partial charge in [-0.2, -0.15) is 0 Å². The third-order valence-electron chi connectivity index (χ3n) is 2.12. The van der Waals surface area contributed by atoms with Crippen molar-refractivity contribution in [2.24, 2.45) is 11.3 Å². The molecule has 0 aromatic rings. The number of ether oxygens (including phenoxy) is 2. The fourth-order valence-corrected chi connectivity index (χ4v) is 1.22. The first-order chi connectivity index (χ1) is 6.03. The number of hydrogen-bond acceptors (Lipinski definition) is 3. The van der Waals surface area contributed by atoms with Gasteiger partial charge >= 0.3 is 0 Å². The molecule has 1 unspecified atom stereocenters. The molecule has 1 atom stereocenters. The van der Waals surface area contributed by atoms with Gasteiger partial charge in [0.25, 0.3) is 0 Å². The van der Waals surface area contributed by atoms with E-state index in [2.05, 4.69) is 13.8 Å². The Morgan fingerprint density at radius 3 is 2.46 bits per heavy atom. The summed E-state index contributed by atoms with van der Waals surface area (Å²) in [5.41, 5.74) is 0.112. The summed E-state index contributed by atoms with van der Waals surface area (Å²) in [6.07, 6.45) is 1.42. The van der Waals surface area contributed by atoms with Crippen LogP contribution in [0.5, 0.6) is 0 Å². The lowest BCUT2D eigenvalue weighted by molar-refractivity contribution is -0.226. The molecule has 1 saturated heterocycles. The van der Waals surface area contributed by atoms with Crippen molar-refractivity contribution in [3.8, 4) is 0 Å². The first-order valence-electron chi connectivity index (χ1n) is 4.72. The standard InChI is InChI=1S/C10H18O3/c1-8(5-11)4-9-12-6-10(2,3)7-13-9/h5,8-9H,4,6-7H2,1-3H3. The topological polar surface area (TPSA) is 35.5 Å². The van der Waals surface area contributed by atoms with Crippen LogP contribution < -0.4 is 0 Å². The van der Waals surface area contributed by atoms with Gasteiger partial charge in [-0.3, -0.25) is 0 Å². The molecule has 3 nitrogen and oxygen atoms in total. The van der Waals surface area contributed by atoms with Gasteiger partial charge in [0.2, 0.25) is 0 Å². The summed E-state index contributed by atoms with van der Waals surface area (Å²) in [5, 5.41) is 0. The number of carbonyl (C=O) groups excluding carboxylic acids is 1. The molecule has 0 amide bonds. The number of carbonyl (C=O) groups is 1. The lowest BCUT2D eigenvalue weighted by atomic mass is 9.95. The van der Waals surface area contributed by atoms with Crippen molar-refractivity contribution in [2.45, 2.75) is 33.5 Å². The van der Waals surface area contributed by atoms with Crippen LogP contribution in [0.3, 0.4) is 0 Å². The van der Waals surface area contributed by atoms with Crippen molar-refractivity contribution < 1.29 is 14.3 Å². The Bertz CT molecular complexity index is 167. The Morgan fingerprint density at radius 2 is 2.00 bits per heavy atom. The minimum atomic E-state index is -0.187. The molecule has 1 aliphatic rings. The van der Waals surface area contributed by atoms with E-state index in [9.17, 15) is 4.79 Å². The summed E-state index contributed by atoms with van der Waals surface area (Å²) in [5.74, 6) is 0.0196. The van der Waals surface area contributed by atoms with Gasteiger partial charge in [0, 0.05) is 17.8 Å². The maximum absolute atomic E-state index is 10.4. The van der Waals surface area contributed by atoms with Crippen molar-refractivity contribution in [1.29, 1.82) is 0 Å². The van der Waals surface area contributed by atoms with Crippen molar-refractivity contribution in [3.63, 3.8) is 0 Å². The van der Waals surface area contributed by atoms with E-state index in [4.69, 9.17) is 9.47 Å². The molecule has 1 rings (SSSR count). The SMILES string of the molecule is CC(C=O)CC1OCC(C)(C)CO1. The molecule has 1 heterocycles. The van der Waals surface area contributed by atoms with E-state index >= 15 is 0 Å². The molecule has 0 saturated carbocycles. The van der Waals surface area contributed by atoms with E-state index in [-0.39, 0.29) is 17.6 Å². The van der Waals surface area contributed by atoms with Crippen molar-refractivity contribution >= 4 is 6.29 Å². The van der Waals surface area contributed by atoms with Gasteiger partial charge < -0.3 is 14.3 Å². The zero-order valence-electron chi connectivity index (χ0n) is 8.58. The van der Waals surface area contributed by atoms with Gasteiger partial charge in [-0.15, -0.1) is 0 Å². The predicted molar refractivity (Wildman–Crippen MR) is 49.3 cm³/mol. The molecule has 0 aromatic carbocycles. The zero-order chi connectivity index (χ0) is 9.90. The van der Waals surface area contributed by atoms with Crippen LogP contribution in [0.25, 0.3) is 0 Å². The Kier molecular flexibility index (Phi) is 3.45. The lowest BCUT2D eigenvalue weighted by Crippen LogP contribution is -2.38. The van der Waals surface area contributed by atoms with Crippen LogP contribution >= 0.6 is 0 Å². The Morgan fingerprint density at radius 1 is 1.46 bits per heavy atom. The zero-order valence-corrected chi connectivity index (χ0v) is 8.58. The minimum absolute atomic E-state index is 0.0196. The molecule has 3 heteroatoms.